The van der Waals surface area contributed by atoms with E-state index in [0.717, 1.165) is 14.9 Å². The number of alkyl halides is 2. The minimum absolute atomic E-state index is 0.245. The molecule has 1 fully saturated rings. The number of hydrogen-bond acceptors (Lipinski definition) is 3. The Kier molecular flexibility index (Phi) is 5.01. The van der Waals surface area contributed by atoms with Crippen LogP contribution < -0.4 is 5.73 Å². The summed E-state index contributed by atoms with van der Waals surface area (Å²) in [5, 5.41) is 0. The highest BCUT2D eigenvalue weighted by molar-refractivity contribution is 9.10. The maximum atomic E-state index is 14.0. The first kappa shape index (κ1) is 18.1. The summed E-state index contributed by atoms with van der Waals surface area (Å²) in [6.45, 7) is 4.37. The molecule has 2 atom stereocenters. The van der Waals surface area contributed by atoms with E-state index in [0.29, 0.717) is 0 Å². The Morgan fingerprint density at radius 2 is 2.13 bits per heavy atom. The van der Waals surface area contributed by atoms with Gasteiger partial charge in [0.2, 0.25) is 0 Å². The number of nitrogens with zero attached hydrogens (tertiary/aromatic N) is 1. The SMILES string of the molecule is CC(C)(C)OC(=O)N1CC(F)(F)[C@H](N)[C@@H]1Cc1cccc(Br)c1. The van der Waals surface area contributed by atoms with Crippen molar-refractivity contribution in [3.8, 4) is 0 Å². The van der Waals surface area contributed by atoms with Crippen LogP contribution in [-0.2, 0) is 11.2 Å². The van der Waals surface area contributed by atoms with Gasteiger partial charge in [-0.1, -0.05) is 28.1 Å². The van der Waals surface area contributed by atoms with Crippen LogP contribution in [0.4, 0.5) is 13.6 Å². The molecule has 1 aromatic rings. The molecule has 1 amide bonds. The maximum absolute atomic E-state index is 14.0. The molecule has 0 aromatic heterocycles. The van der Waals surface area contributed by atoms with Gasteiger partial charge in [-0.25, -0.2) is 13.6 Å². The average Bonchev–Trinajstić information content (AvgIpc) is 2.61. The first-order chi connectivity index (χ1) is 10.5. The molecule has 2 rings (SSSR count). The lowest BCUT2D eigenvalue weighted by atomic mass is 9.99. The molecule has 0 bridgehead atoms. The van der Waals surface area contributed by atoms with Crippen molar-refractivity contribution >= 4 is 22.0 Å². The second-order valence-electron chi connectivity index (χ2n) is 6.80. The zero-order valence-electron chi connectivity index (χ0n) is 13.4. The summed E-state index contributed by atoms with van der Waals surface area (Å²) in [5.74, 6) is -3.13. The van der Waals surface area contributed by atoms with E-state index in [1.54, 1.807) is 20.8 Å². The fourth-order valence-electron chi connectivity index (χ4n) is 2.59. The lowest BCUT2D eigenvalue weighted by Gasteiger charge is -2.29. The summed E-state index contributed by atoms with van der Waals surface area (Å²) in [4.78, 5) is 13.3. The summed E-state index contributed by atoms with van der Waals surface area (Å²) in [6.07, 6.45) is -0.514. The summed E-state index contributed by atoms with van der Waals surface area (Å²) < 4.78 is 34.1. The molecule has 0 spiro atoms. The van der Waals surface area contributed by atoms with E-state index in [4.69, 9.17) is 10.5 Å². The second kappa shape index (κ2) is 6.36. The molecule has 0 aliphatic carbocycles. The van der Waals surface area contributed by atoms with Crippen molar-refractivity contribution in [3.05, 3.63) is 34.3 Å². The molecule has 0 saturated carbocycles. The summed E-state index contributed by atoms with van der Waals surface area (Å²) in [6, 6.07) is 5.08. The highest BCUT2D eigenvalue weighted by Gasteiger charge is 2.54. The van der Waals surface area contributed by atoms with Crippen molar-refractivity contribution in [2.24, 2.45) is 5.73 Å². The van der Waals surface area contributed by atoms with E-state index in [2.05, 4.69) is 15.9 Å². The highest BCUT2D eigenvalue weighted by Crippen LogP contribution is 2.34. The van der Waals surface area contributed by atoms with Crippen molar-refractivity contribution < 1.29 is 18.3 Å². The van der Waals surface area contributed by atoms with E-state index in [1.807, 2.05) is 24.3 Å². The van der Waals surface area contributed by atoms with E-state index < -0.39 is 36.2 Å². The number of halogens is 3. The van der Waals surface area contributed by atoms with Crippen LogP contribution in [0.2, 0.25) is 0 Å². The van der Waals surface area contributed by atoms with E-state index >= 15 is 0 Å². The van der Waals surface area contributed by atoms with E-state index in [1.165, 1.54) is 0 Å². The lowest BCUT2D eigenvalue weighted by molar-refractivity contribution is -0.00942. The third kappa shape index (κ3) is 4.41. The molecular weight excluding hydrogens is 370 g/mol. The van der Waals surface area contributed by atoms with Gasteiger partial charge in [0.15, 0.2) is 0 Å². The van der Waals surface area contributed by atoms with E-state index in [-0.39, 0.29) is 6.42 Å². The number of nitrogens with two attached hydrogens (primary N) is 1. The molecule has 1 heterocycles. The molecule has 0 unspecified atom stereocenters. The first-order valence-electron chi connectivity index (χ1n) is 7.37. The van der Waals surface area contributed by atoms with Gasteiger partial charge in [-0.05, 0) is 44.9 Å². The summed E-state index contributed by atoms with van der Waals surface area (Å²) in [7, 11) is 0. The molecule has 1 saturated heterocycles. The number of likely N-dealkylation sites (tertiary alicyclic amines) is 1. The number of carbonyl (C=O) groups excluding carboxylic acids is 1. The molecule has 128 valence electrons. The predicted octanol–water partition coefficient (Wildman–Crippen LogP) is 3.57. The second-order valence-corrected chi connectivity index (χ2v) is 7.71. The van der Waals surface area contributed by atoms with Gasteiger partial charge in [0.1, 0.15) is 5.60 Å². The van der Waals surface area contributed by atoms with Crippen LogP contribution in [-0.4, -0.2) is 41.1 Å². The Balaban J connectivity index is 2.23. The van der Waals surface area contributed by atoms with Crippen LogP contribution in [0.3, 0.4) is 0 Å². The highest BCUT2D eigenvalue weighted by atomic mass is 79.9. The normalized spacial score (nSPS) is 23.9. The van der Waals surface area contributed by atoms with E-state index in [9.17, 15) is 13.6 Å². The van der Waals surface area contributed by atoms with Gasteiger partial charge in [-0.2, -0.15) is 0 Å². The standard InChI is InChI=1S/C16H21BrF2N2O2/c1-15(2,3)23-14(22)21-9-16(18,19)13(20)12(21)8-10-5-4-6-11(17)7-10/h4-7,12-13H,8-9,20H2,1-3H3/t12-,13+/m0/s1. The van der Waals surface area contributed by atoms with Gasteiger partial charge in [0.05, 0.1) is 18.6 Å². The summed E-state index contributed by atoms with van der Waals surface area (Å²) >= 11 is 3.35. The number of hydrogen-bond donors (Lipinski definition) is 1. The van der Waals surface area contributed by atoms with Gasteiger partial charge in [-0.3, -0.25) is 4.90 Å². The average molecular weight is 391 g/mol. The maximum Gasteiger partial charge on any atom is 0.410 e. The zero-order chi connectivity index (χ0) is 17.4. The zero-order valence-corrected chi connectivity index (χ0v) is 14.9. The number of rotatable bonds is 2. The smallest absolute Gasteiger partial charge is 0.410 e. The molecule has 4 nitrogen and oxygen atoms in total. The third-order valence-corrected chi connectivity index (χ3v) is 4.14. The molecule has 1 aromatic carbocycles. The van der Waals surface area contributed by atoms with Crippen molar-refractivity contribution in [2.45, 2.75) is 50.8 Å². The minimum Gasteiger partial charge on any atom is -0.444 e. The largest absolute Gasteiger partial charge is 0.444 e. The predicted molar refractivity (Wildman–Crippen MR) is 87.5 cm³/mol. The van der Waals surface area contributed by atoms with Crippen LogP contribution in [0, 0.1) is 0 Å². The Bertz CT molecular complexity index is 590. The first-order valence-corrected chi connectivity index (χ1v) is 8.16. The molecule has 23 heavy (non-hydrogen) atoms. The molecule has 0 radical (unpaired) electrons. The molecule has 1 aliphatic heterocycles. The number of amides is 1. The quantitative estimate of drug-likeness (QED) is 0.839. The van der Waals surface area contributed by atoms with Crippen molar-refractivity contribution in [2.75, 3.05) is 6.54 Å². The van der Waals surface area contributed by atoms with Crippen LogP contribution >= 0.6 is 15.9 Å². The van der Waals surface area contributed by atoms with Crippen LogP contribution in [0.15, 0.2) is 28.7 Å². The Hall–Kier alpha value is -1.21. The Labute approximate surface area is 143 Å². The summed E-state index contributed by atoms with van der Waals surface area (Å²) in [5.41, 5.74) is 5.80. The van der Waals surface area contributed by atoms with Gasteiger partial charge in [0.25, 0.3) is 5.92 Å². The monoisotopic (exact) mass is 390 g/mol. The van der Waals surface area contributed by atoms with Gasteiger partial charge in [0, 0.05) is 4.47 Å². The van der Waals surface area contributed by atoms with Gasteiger partial charge >= 0.3 is 6.09 Å². The fourth-order valence-corrected chi connectivity index (χ4v) is 3.03. The Morgan fingerprint density at radius 1 is 1.48 bits per heavy atom. The number of carbonyl (C=O) groups is 1. The number of benzene rings is 1. The number of ether oxygens (including phenoxy) is 1. The van der Waals surface area contributed by atoms with Crippen LogP contribution in [0.25, 0.3) is 0 Å². The molecular formula is C16H21BrF2N2O2. The minimum atomic E-state index is -3.13. The molecule has 2 N–H and O–H groups in total. The Morgan fingerprint density at radius 3 is 2.70 bits per heavy atom. The third-order valence-electron chi connectivity index (χ3n) is 3.65. The van der Waals surface area contributed by atoms with Crippen LogP contribution in [0.1, 0.15) is 26.3 Å². The van der Waals surface area contributed by atoms with Crippen molar-refractivity contribution in [3.63, 3.8) is 0 Å². The fraction of sp³-hybridized carbons (Fsp3) is 0.562. The molecule has 1 aliphatic rings. The lowest BCUT2D eigenvalue weighted by Crippen LogP contribution is -2.47. The van der Waals surface area contributed by atoms with Crippen molar-refractivity contribution in [1.29, 1.82) is 0 Å². The van der Waals surface area contributed by atoms with Crippen LogP contribution in [0.5, 0.6) is 0 Å². The van der Waals surface area contributed by atoms with Gasteiger partial charge < -0.3 is 10.5 Å². The van der Waals surface area contributed by atoms with Crippen molar-refractivity contribution in [1.82, 2.24) is 4.90 Å². The van der Waals surface area contributed by atoms with Gasteiger partial charge in [-0.15, -0.1) is 0 Å². The molecule has 7 heteroatoms. The topological polar surface area (TPSA) is 55.6 Å².